The van der Waals surface area contributed by atoms with E-state index in [4.69, 9.17) is 9.47 Å². The Morgan fingerprint density at radius 1 is 1.11 bits per heavy atom. The van der Waals surface area contributed by atoms with E-state index >= 15 is 0 Å². The molecule has 5 rings (SSSR count). The van der Waals surface area contributed by atoms with Gasteiger partial charge in [-0.25, -0.2) is 4.68 Å². The molecule has 0 unspecified atom stereocenters. The van der Waals surface area contributed by atoms with Crippen LogP contribution in [0.4, 0.5) is 5.69 Å². The van der Waals surface area contributed by atoms with Gasteiger partial charge < -0.3 is 24.6 Å². The van der Waals surface area contributed by atoms with Crippen molar-refractivity contribution in [3.8, 4) is 11.5 Å². The van der Waals surface area contributed by atoms with Gasteiger partial charge in [-0.2, -0.15) is 0 Å². The Bertz CT molecular complexity index is 1240. The summed E-state index contributed by atoms with van der Waals surface area (Å²) in [6.07, 6.45) is 1.69. The summed E-state index contributed by atoms with van der Waals surface area (Å²) in [5.74, 6) is 2.26. The third-order valence-electron chi connectivity index (χ3n) is 7.03. The number of rotatable bonds is 10. The molecule has 10 nitrogen and oxygen atoms in total. The van der Waals surface area contributed by atoms with E-state index in [1.54, 1.807) is 30.7 Å². The van der Waals surface area contributed by atoms with Gasteiger partial charge in [0.2, 0.25) is 5.16 Å². The molecule has 0 saturated carbocycles. The molecule has 0 radical (unpaired) electrons. The summed E-state index contributed by atoms with van der Waals surface area (Å²) in [6.45, 7) is 4.38. The number of tetrazole rings is 1. The molecule has 2 aromatic carbocycles. The Morgan fingerprint density at radius 2 is 1.92 bits per heavy atom. The molecule has 3 aromatic rings. The number of aryl methyl sites for hydroxylation is 1. The predicted molar refractivity (Wildman–Crippen MR) is 142 cm³/mol. The minimum atomic E-state index is -0.103. The van der Waals surface area contributed by atoms with Crippen molar-refractivity contribution in [1.29, 1.82) is 0 Å². The van der Waals surface area contributed by atoms with E-state index in [9.17, 15) is 4.79 Å². The first kappa shape index (κ1) is 25.3. The number of carbonyl (C=O) groups excluding carboxylic acids is 1. The highest BCUT2D eigenvalue weighted by molar-refractivity contribution is 7.99. The van der Waals surface area contributed by atoms with Crippen molar-refractivity contribution in [1.82, 2.24) is 30.4 Å². The molecule has 2 aliphatic rings. The largest absolute Gasteiger partial charge is 0.493 e. The molecule has 0 aliphatic carbocycles. The number of fused-ring (bicyclic) bond motifs is 1. The Kier molecular flexibility index (Phi) is 7.80. The van der Waals surface area contributed by atoms with Crippen LogP contribution in [-0.4, -0.2) is 77.2 Å². The maximum atomic E-state index is 13.8. The van der Waals surface area contributed by atoms with Crippen LogP contribution in [-0.2, 0) is 13.6 Å². The van der Waals surface area contributed by atoms with Crippen LogP contribution in [0, 0.1) is 0 Å². The highest BCUT2D eigenvalue weighted by atomic mass is 32.2. The van der Waals surface area contributed by atoms with E-state index in [1.807, 2.05) is 42.3 Å². The van der Waals surface area contributed by atoms with E-state index in [-0.39, 0.29) is 11.9 Å². The van der Waals surface area contributed by atoms with Crippen LogP contribution < -0.4 is 19.7 Å². The number of hydrogen-bond donors (Lipinski definition) is 1. The lowest BCUT2D eigenvalue weighted by atomic mass is 10.00. The fourth-order valence-electron chi connectivity index (χ4n) is 5.14. The third kappa shape index (κ3) is 5.24. The number of hydrogen-bond acceptors (Lipinski definition) is 9. The normalized spacial score (nSPS) is 16.1. The minimum absolute atomic E-state index is 0.0805. The lowest BCUT2D eigenvalue weighted by molar-refractivity contribution is 0.0690. The van der Waals surface area contributed by atoms with E-state index in [0.29, 0.717) is 18.0 Å². The average Bonchev–Trinajstić information content (AvgIpc) is 3.51. The Labute approximate surface area is 221 Å². The van der Waals surface area contributed by atoms with Crippen LogP contribution >= 0.6 is 11.8 Å². The van der Waals surface area contributed by atoms with Crippen molar-refractivity contribution in [3.05, 3.63) is 53.1 Å². The monoisotopic (exact) mass is 523 g/mol. The number of methoxy groups -OCH3 is 2. The van der Waals surface area contributed by atoms with E-state index in [1.165, 1.54) is 5.69 Å². The number of anilines is 1. The van der Waals surface area contributed by atoms with Crippen molar-refractivity contribution in [2.45, 2.75) is 30.6 Å². The molecule has 196 valence electrons. The molecule has 1 atom stereocenters. The van der Waals surface area contributed by atoms with Crippen molar-refractivity contribution in [2.24, 2.45) is 7.05 Å². The van der Waals surface area contributed by atoms with Gasteiger partial charge in [-0.1, -0.05) is 23.9 Å². The van der Waals surface area contributed by atoms with Gasteiger partial charge in [0.25, 0.3) is 5.91 Å². The second-order valence-electron chi connectivity index (χ2n) is 9.18. The topological polar surface area (TPSA) is 97.6 Å². The van der Waals surface area contributed by atoms with Crippen LogP contribution in [0.1, 0.15) is 40.4 Å². The molecule has 3 heterocycles. The van der Waals surface area contributed by atoms with E-state index in [0.717, 1.165) is 66.6 Å². The predicted octanol–water partition coefficient (Wildman–Crippen LogP) is 2.91. The first-order valence-electron chi connectivity index (χ1n) is 12.6. The molecule has 1 fully saturated rings. The summed E-state index contributed by atoms with van der Waals surface area (Å²) in [4.78, 5) is 18.2. The summed E-state index contributed by atoms with van der Waals surface area (Å²) in [5.41, 5.74) is 4.14. The molecule has 1 saturated heterocycles. The fraction of sp³-hybridized carbons (Fsp3) is 0.462. The molecule has 37 heavy (non-hydrogen) atoms. The zero-order chi connectivity index (χ0) is 25.8. The van der Waals surface area contributed by atoms with Gasteiger partial charge in [0.1, 0.15) is 0 Å². The lowest BCUT2D eigenvalue weighted by Gasteiger charge is -2.32. The smallest absolute Gasteiger partial charge is 0.255 e. The highest BCUT2D eigenvalue weighted by Gasteiger charge is 2.36. The summed E-state index contributed by atoms with van der Waals surface area (Å²) in [7, 11) is 5.11. The highest BCUT2D eigenvalue weighted by Crippen LogP contribution is 2.40. The van der Waals surface area contributed by atoms with Gasteiger partial charge >= 0.3 is 0 Å². The third-order valence-corrected chi connectivity index (χ3v) is 8.13. The molecule has 0 bridgehead atoms. The summed E-state index contributed by atoms with van der Waals surface area (Å²) < 4.78 is 12.7. The maximum absolute atomic E-state index is 13.8. The van der Waals surface area contributed by atoms with Gasteiger partial charge in [0.15, 0.2) is 11.5 Å². The number of amides is 1. The van der Waals surface area contributed by atoms with E-state index < -0.39 is 0 Å². The Hall–Kier alpha value is -3.31. The van der Waals surface area contributed by atoms with Gasteiger partial charge in [-0.3, -0.25) is 4.79 Å². The van der Waals surface area contributed by atoms with Gasteiger partial charge in [0, 0.05) is 62.3 Å². The standard InChI is InChI=1S/C26H33N7O3S/c1-31-26(28-29-30-31)37-15-5-8-21(18-9-10-23(35-2)24(16-18)36-3)33-17-20-19(25(33)34)6-4-7-22(20)32-13-11-27-12-14-32/h4,6-7,9-10,16,21,27H,5,8,11-15,17H2,1-3H3/t21-/m1/s1. The molecule has 1 amide bonds. The number of carbonyl (C=O) groups is 1. The quantitative estimate of drug-likeness (QED) is 0.318. The SMILES string of the molecule is COc1ccc([C@@H](CCCSc2nnnn2C)N2Cc3c(cccc3N3CCNCC3)C2=O)cc1OC. The maximum Gasteiger partial charge on any atom is 0.255 e. The molecule has 2 aliphatic heterocycles. The van der Waals surface area contributed by atoms with Crippen molar-refractivity contribution in [3.63, 3.8) is 0 Å². The molecule has 0 spiro atoms. The zero-order valence-corrected chi connectivity index (χ0v) is 22.3. The molecular weight excluding hydrogens is 490 g/mol. The number of nitrogens with zero attached hydrogens (tertiary/aromatic N) is 6. The number of ether oxygens (including phenoxy) is 2. The molecule has 1 aromatic heterocycles. The van der Waals surface area contributed by atoms with Crippen molar-refractivity contribution in [2.75, 3.05) is 51.1 Å². The van der Waals surface area contributed by atoms with Crippen LogP contribution in [0.15, 0.2) is 41.6 Å². The Balaban J connectivity index is 1.41. The summed E-state index contributed by atoms with van der Waals surface area (Å²) >= 11 is 1.62. The van der Waals surface area contributed by atoms with Crippen molar-refractivity contribution >= 4 is 23.4 Å². The molecule has 11 heteroatoms. The second-order valence-corrected chi connectivity index (χ2v) is 10.2. The number of thioether (sulfide) groups is 1. The van der Waals surface area contributed by atoms with Gasteiger partial charge in [-0.05, 0) is 53.1 Å². The minimum Gasteiger partial charge on any atom is -0.493 e. The first-order chi connectivity index (χ1) is 18.1. The molecule has 1 N–H and O–H groups in total. The van der Waals surface area contributed by atoms with E-state index in [2.05, 4.69) is 31.8 Å². The summed E-state index contributed by atoms with van der Waals surface area (Å²) in [5, 5.41) is 15.9. The number of aromatic nitrogens is 4. The number of benzene rings is 2. The Morgan fingerprint density at radius 3 is 2.65 bits per heavy atom. The van der Waals surface area contributed by atoms with Crippen LogP contribution in [0.5, 0.6) is 11.5 Å². The van der Waals surface area contributed by atoms with Crippen LogP contribution in [0.25, 0.3) is 0 Å². The second kappa shape index (κ2) is 11.4. The van der Waals surface area contributed by atoms with Crippen molar-refractivity contribution < 1.29 is 14.3 Å². The van der Waals surface area contributed by atoms with Gasteiger partial charge in [-0.15, -0.1) is 5.10 Å². The first-order valence-corrected chi connectivity index (χ1v) is 13.5. The van der Waals surface area contributed by atoms with Gasteiger partial charge in [0.05, 0.1) is 20.3 Å². The van der Waals surface area contributed by atoms with Crippen LogP contribution in [0.3, 0.4) is 0 Å². The number of piperazine rings is 1. The van der Waals surface area contributed by atoms with Crippen LogP contribution in [0.2, 0.25) is 0 Å². The fourth-order valence-corrected chi connectivity index (χ4v) is 5.95. The number of nitrogens with one attached hydrogen (secondary N) is 1. The summed E-state index contributed by atoms with van der Waals surface area (Å²) in [6, 6.07) is 12.0. The molecular formula is C26H33N7O3S. The average molecular weight is 524 g/mol. The lowest BCUT2D eigenvalue weighted by Crippen LogP contribution is -2.43. The zero-order valence-electron chi connectivity index (χ0n) is 21.5.